The van der Waals surface area contributed by atoms with E-state index in [-0.39, 0.29) is 16.5 Å². The average molecular weight is 239 g/mol. The third-order valence-electron chi connectivity index (χ3n) is 0.715. The first-order valence-corrected chi connectivity index (χ1v) is 3.10. The van der Waals surface area contributed by atoms with Gasteiger partial charge in [0, 0.05) is 16.5 Å². The number of carboxylic acid groups (broad SMARTS) is 2. The van der Waals surface area contributed by atoms with Crippen LogP contribution in [0.15, 0.2) is 0 Å². The average Bonchev–Trinajstić information content (AvgIpc) is 1.88. The van der Waals surface area contributed by atoms with E-state index in [1.807, 2.05) is 0 Å². The van der Waals surface area contributed by atoms with Gasteiger partial charge < -0.3 is 20.4 Å². The molecule has 0 aliphatic heterocycles. The van der Waals surface area contributed by atoms with Crippen LogP contribution in [0, 0.1) is 0 Å². The van der Waals surface area contributed by atoms with E-state index in [0.717, 1.165) is 0 Å². The van der Waals surface area contributed by atoms with Crippen LogP contribution in [0.3, 0.4) is 0 Å². The predicted molar refractivity (Wildman–Crippen MR) is 38.6 cm³/mol. The van der Waals surface area contributed by atoms with E-state index in [2.05, 4.69) is 0 Å². The third-order valence-corrected chi connectivity index (χ3v) is 0.715. The molecule has 7 heteroatoms. The maximum Gasteiger partial charge on any atom is 0.332 e. The molecule has 0 saturated carbocycles. The first-order valence-electron chi connectivity index (χ1n) is 3.10. The third kappa shape index (κ3) is 18.4. The van der Waals surface area contributed by atoms with Gasteiger partial charge in [0.2, 0.25) is 0 Å². The molecule has 0 aliphatic rings. The zero-order valence-electron chi connectivity index (χ0n) is 7.08. The maximum absolute atomic E-state index is 9.45. The molecule has 13 heavy (non-hydrogen) atoms. The summed E-state index contributed by atoms with van der Waals surface area (Å²) in [5.41, 5.74) is 0. The Morgan fingerprint density at radius 2 is 1.00 bits per heavy atom. The molecule has 0 aromatic heterocycles. The minimum Gasteiger partial charge on any atom is -0.479 e. The van der Waals surface area contributed by atoms with E-state index < -0.39 is 24.1 Å². The summed E-state index contributed by atoms with van der Waals surface area (Å²) in [5, 5.41) is 31.5. The summed E-state index contributed by atoms with van der Waals surface area (Å²) in [6.45, 7) is 2.39. The number of carbonyl (C=O) groups is 2. The van der Waals surface area contributed by atoms with Gasteiger partial charge in [-0.3, -0.25) is 0 Å². The Morgan fingerprint density at radius 1 is 0.923 bits per heavy atom. The van der Waals surface area contributed by atoms with Gasteiger partial charge in [0.1, 0.15) is 12.2 Å². The van der Waals surface area contributed by atoms with E-state index in [1.165, 1.54) is 13.8 Å². The number of hydrogen-bond acceptors (Lipinski definition) is 4. The van der Waals surface area contributed by atoms with Crippen molar-refractivity contribution in [2.75, 3.05) is 0 Å². The number of aliphatic hydroxyl groups excluding tert-OH is 2. The molecule has 0 bridgehead atoms. The van der Waals surface area contributed by atoms with Crippen LogP contribution in [0.2, 0.25) is 0 Å². The summed E-state index contributed by atoms with van der Waals surface area (Å²) in [6.07, 6.45) is -2.46. The molecule has 0 aromatic rings. The summed E-state index contributed by atoms with van der Waals surface area (Å²) in [5.74, 6) is -2.37. The van der Waals surface area contributed by atoms with Crippen LogP contribution in [0.5, 0.6) is 0 Å². The summed E-state index contributed by atoms with van der Waals surface area (Å²) in [4.78, 5) is 18.9. The topological polar surface area (TPSA) is 115 Å². The summed E-state index contributed by atoms with van der Waals surface area (Å²) in [7, 11) is 0. The molecule has 0 saturated heterocycles. The molecule has 0 aliphatic carbocycles. The zero-order valence-corrected chi connectivity index (χ0v) is 8.06. The fourth-order valence-electron chi connectivity index (χ4n) is 0. The van der Waals surface area contributed by atoms with Crippen molar-refractivity contribution < 1.29 is 46.5 Å². The van der Waals surface area contributed by atoms with Crippen LogP contribution >= 0.6 is 0 Å². The monoisotopic (exact) mass is 238 g/mol. The predicted octanol–water partition coefficient (Wildman–Crippen LogP) is -1.10. The normalized spacial score (nSPS) is 12.6. The number of hydrogen-bond donors (Lipinski definition) is 4. The van der Waals surface area contributed by atoms with Crippen LogP contribution in [0.4, 0.5) is 0 Å². The van der Waals surface area contributed by atoms with Gasteiger partial charge in [0.15, 0.2) is 0 Å². The minimum atomic E-state index is -1.23. The van der Waals surface area contributed by atoms with Crippen molar-refractivity contribution in [2.24, 2.45) is 0 Å². The fourth-order valence-corrected chi connectivity index (χ4v) is 0. The Kier molecular flexibility index (Phi) is 13.2. The summed E-state index contributed by atoms with van der Waals surface area (Å²) < 4.78 is 0. The van der Waals surface area contributed by atoms with Crippen molar-refractivity contribution in [3.05, 3.63) is 0 Å². The van der Waals surface area contributed by atoms with E-state index in [4.69, 9.17) is 20.4 Å². The quantitative estimate of drug-likeness (QED) is 0.454. The van der Waals surface area contributed by atoms with Gasteiger partial charge in [0.05, 0.1) is 0 Å². The molecule has 0 fully saturated rings. The molecule has 0 rings (SSSR count). The Balaban J connectivity index is -0.000000143. The van der Waals surface area contributed by atoms with Crippen molar-refractivity contribution >= 4 is 11.9 Å². The second-order valence-electron chi connectivity index (χ2n) is 2.03. The van der Waals surface area contributed by atoms with E-state index in [0.29, 0.717) is 0 Å². The second-order valence-corrected chi connectivity index (χ2v) is 2.03. The zero-order chi connectivity index (χ0) is 10.3. The molecular formula is C6H12NiO6. The minimum absolute atomic E-state index is 0. The molecule has 0 aromatic carbocycles. The van der Waals surface area contributed by atoms with Crippen molar-refractivity contribution in [3.8, 4) is 0 Å². The van der Waals surface area contributed by atoms with E-state index >= 15 is 0 Å². The van der Waals surface area contributed by atoms with Crippen LogP contribution in [-0.4, -0.2) is 44.6 Å². The molecule has 2 atom stereocenters. The number of carboxylic acids is 2. The smallest absolute Gasteiger partial charge is 0.332 e. The van der Waals surface area contributed by atoms with E-state index in [9.17, 15) is 9.59 Å². The largest absolute Gasteiger partial charge is 0.479 e. The Hall–Kier alpha value is -0.646. The molecule has 0 radical (unpaired) electrons. The molecule has 2 unspecified atom stereocenters. The first kappa shape index (κ1) is 18.2. The van der Waals surface area contributed by atoms with Crippen LogP contribution in [0.25, 0.3) is 0 Å². The van der Waals surface area contributed by atoms with Gasteiger partial charge in [-0.2, -0.15) is 0 Å². The first-order chi connectivity index (χ1) is 5.29. The van der Waals surface area contributed by atoms with Gasteiger partial charge in [0.25, 0.3) is 0 Å². The van der Waals surface area contributed by atoms with Crippen molar-refractivity contribution in [1.82, 2.24) is 0 Å². The Labute approximate surface area is 85.1 Å². The second kappa shape index (κ2) is 9.44. The molecule has 0 amide bonds. The van der Waals surface area contributed by atoms with Crippen LogP contribution < -0.4 is 0 Å². The van der Waals surface area contributed by atoms with Gasteiger partial charge in [-0.05, 0) is 13.8 Å². The van der Waals surface area contributed by atoms with Gasteiger partial charge >= 0.3 is 11.9 Å². The van der Waals surface area contributed by atoms with Gasteiger partial charge in [-0.1, -0.05) is 0 Å². The number of aliphatic carboxylic acids is 2. The van der Waals surface area contributed by atoms with Crippen LogP contribution in [-0.2, 0) is 26.1 Å². The molecule has 4 N–H and O–H groups in total. The van der Waals surface area contributed by atoms with E-state index in [1.54, 1.807) is 0 Å². The van der Waals surface area contributed by atoms with Crippen molar-refractivity contribution in [1.29, 1.82) is 0 Å². The SMILES string of the molecule is CC(O)C(=O)O.CC(O)C(=O)O.[Ni]. The van der Waals surface area contributed by atoms with Crippen molar-refractivity contribution in [3.63, 3.8) is 0 Å². The van der Waals surface area contributed by atoms with Crippen LogP contribution in [0.1, 0.15) is 13.8 Å². The number of aliphatic hydroxyl groups is 2. The Morgan fingerprint density at radius 3 is 1.00 bits per heavy atom. The van der Waals surface area contributed by atoms with Gasteiger partial charge in [-0.15, -0.1) is 0 Å². The van der Waals surface area contributed by atoms with Crippen molar-refractivity contribution in [2.45, 2.75) is 26.1 Å². The molecule has 0 heterocycles. The molecule has 0 spiro atoms. The number of rotatable bonds is 2. The summed E-state index contributed by atoms with van der Waals surface area (Å²) >= 11 is 0. The standard InChI is InChI=1S/2C3H6O3.Ni/c2*1-2(4)3(5)6;/h2*2,4H,1H3,(H,5,6);. The van der Waals surface area contributed by atoms with Gasteiger partial charge in [-0.25, -0.2) is 9.59 Å². The maximum atomic E-state index is 9.45. The molecular weight excluding hydrogens is 227 g/mol. The molecule has 6 nitrogen and oxygen atoms in total. The fraction of sp³-hybridized carbons (Fsp3) is 0.667. The summed E-state index contributed by atoms with van der Waals surface area (Å²) in [6, 6.07) is 0. The Bertz CT molecular complexity index is 137. The molecule has 82 valence electrons.